The maximum absolute atomic E-state index is 3.84. The monoisotopic (exact) mass is 255 g/mol. The van der Waals surface area contributed by atoms with Gasteiger partial charge in [0.05, 0.1) is 0 Å². The van der Waals surface area contributed by atoms with Crippen molar-refractivity contribution in [1.29, 1.82) is 0 Å². The number of thioether (sulfide) groups is 1. The highest BCUT2D eigenvalue weighted by Crippen LogP contribution is 2.39. The van der Waals surface area contributed by atoms with Gasteiger partial charge in [0.15, 0.2) is 0 Å². The predicted octanol–water partition coefficient (Wildman–Crippen LogP) is 4.08. The van der Waals surface area contributed by atoms with E-state index in [1.54, 1.807) is 0 Å². The van der Waals surface area contributed by atoms with Crippen molar-refractivity contribution < 1.29 is 0 Å². The molecule has 2 aliphatic carbocycles. The zero-order valence-corrected chi connectivity index (χ0v) is 12.6. The molecule has 0 aromatic carbocycles. The molecule has 2 aliphatic rings. The van der Waals surface area contributed by atoms with E-state index < -0.39 is 0 Å². The zero-order valence-electron chi connectivity index (χ0n) is 11.8. The Hall–Kier alpha value is 0.310. The van der Waals surface area contributed by atoms with Gasteiger partial charge in [0.25, 0.3) is 0 Å². The molecule has 0 aliphatic heterocycles. The van der Waals surface area contributed by atoms with E-state index in [-0.39, 0.29) is 0 Å². The quantitative estimate of drug-likeness (QED) is 0.794. The van der Waals surface area contributed by atoms with Gasteiger partial charge in [-0.2, -0.15) is 11.8 Å². The Morgan fingerprint density at radius 3 is 2.35 bits per heavy atom. The first kappa shape index (κ1) is 13.7. The van der Waals surface area contributed by atoms with Crippen molar-refractivity contribution in [3.05, 3.63) is 0 Å². The molecule has 1 nitrogen and oxygen atoms in total. The predicted molar refractivity (Wildman–Crippen MR) is 78.7 cm³/mol. The van der Waals surface area contributed by atoms with E-state index in [1.165, 1.54) is 51.5 Å². The van der Waals surface area contributed by atoms with Gasteiger partial charge in [-0.25, -0.2) is 0 Å². The minimum absolute atomic E-state index is 0.571. The lowest BCUT2D eigenvalue weighted by Gasteiger charge is -2.42. The second-order valence-electron chi connectivity index (χ2n) is 6.50. The van der Waals surface area contributed by atoms with Crippen LogP contribution in [0.5, 0.6) is 0 Å². The summed E-state index contributed by atoms with van der Waals surface area (Å²) in [4.78, 5) is 0. The molecule has 0 radical (unpaired) electrons. The van der Waals surface area contributed by atoms with E-state index >= 15 is 0 Å². The average molecular weight is 255 g/mol. The summed E-state index contributed by atoms with van der Waals surface area (Å²) in [6.07, 6.45) is 12.4. The minimum atomic E-state index is 0.571. The van der Waals surface area contributed by atoms with E-state index in [2.05, 4.69) is 37.2 Å². The normalized spacial score (nSPS) is 32.5. The standard InChI is InChI=1S/C15H29NS/c1-12(2)13-9-14(10-13)16-11-15(17-3)7-5-4-6-8-15/h12-14,16H,4-11H2,1-3H3. The van der Waals surface area contributed by atoms with Gasteiger partial charge in [0, 0.05) is 17.3 Å². The van der Waals surface area contributed by atoms with Crippen LogP contribution in [-0.4, -0.2) is 23.6 Å². The first-order chi connectivity index (χ1) is 8.15. The second-order valence-corrected chi connectivity index (χ2v) is 7.78. The van der Waals surface area contributed by atoms with E-state index in [4.69, 9.17) is 0 Å². The van der Waals surface area contributed by atoms with Crippen molar-refractivity contribution in [3.63, 3.8) is 0 Å². The third-order valence-corrected chi connectivity index (χ3v) is 6.45. The first-order valence-electron chi connectivity index (χ1n) is 7.44. The van der Waals surface area contributed by atoms with Crippen LogP contribution in [0.15, 0.2) is 0 Å². The lowest BCUT2D eigenvalue weighted by molar-refractivity contribution is 0.163. The Morgan fingerprint density at radius 2 is 1.82 bits per heavy atom. The third kappa shape index (κ3) is 3.41. The van der Waals surface area contributed by atoms with Crippen molar-refractivity contribution in [1.82, 2.24) is 5.32 Å². The molecule has 100 valence electrons. The highest BCUT2D eigenvalue weighted by atomic mass is 32.2. The fourth-order valence-electron chi connectivity index (χ4n) is 3.35. The Kier molecular flexibility index (Phi) is 4.82. The summed E-state index contributed by atoms with van der Waals surface area (Å²) < 4.78 is 0.571. The van der Waals surface area contributed by atoms with Crippen molar-refractivity contribution in [2.24, 2.45) is 11.8 Å². The van der Waals surface area contributed by atoms with Crippen LogP contribution in [0.4, 0.5) is 0 Å². The van der Waals surface area contributed by atoms with E-state index in [0.717, 1.165) is 17.9 Å². The molecule has 2 fully saturated rings. The van der Waals surface area contributed by atoms with Crippen LogP contribution < -0.4 is 5.32 Å². The minimum Gasteiger partial charge on any atom is -0.313 e. The van der Waals surface area contributed by atoms with Crippen molar-refractivity contribution in [2.75, 3.05) is 12.8 Å². The lowest BCUT2D eigenvalue weighted by atomic mass is 9.73. The van der Waals surface area contributed by atoms with Gasteiger partial charge in [-0.05, 0) is 43.8 Å². The first-order valence-corrected chi connectivity index (χ1v) is 8.66. The topological polar surface area (TPSA) is 12.0 Å². The van der Waals surface area contributed by atoms with Gasteiger partial charge in [-0.1, -0.05) is 33.1 Å². The fraction of sp³-hybridized carbons (Fsp3) is 1.00. The highest BCUT2D eigenvalue weighted by molar-refractivity contribution is 8.00. The molecule has 0 unspecified atom stereocenters. The molecule has 0 amide bonds. The molecule has 0 bridgehead atoms. The highest BCUT2D eigenvalue weighted by Gasteiger charge is 2.35. The molecule has 2 heteroatoms. The number of hydrogen-bond acceptors (Lipinski definition) is 2. The Bertz CT molecular complexity index is 227. The molecule has 0 heterocycles. The second kappa shape index (κ2) is 5.97. The molecular formula is C15H29NS. The van der Waals surface area contributed by atoms with Gasteiger partial charge in [-0.3, -0.25) is 0 Å². The van der Waals surface area contributed by atoms with Gasteiger partial charge in [0.2, 0.25) is 0 Å². The summed E-state index contributed by atoms with van der Waals surface area (Å²) in [6, 6.07) is 0.827. The largest absolute Gasteiger partial charge is 0.313 e. The van der Waals surface area contributed by atoms with Gasteiger partial charge < -0.3 is 5.32 Å². The third-order valence-electron chi connectivity index (χ3n) is 5.03. The van der Waals surface area contributed by atoms with Crippen molar-refractivity contribution >= 4 is 11.8 Å². The smallest absolute Gasteiger partial charge is 0.0281 e. The lowest BCUT2D eigenvalue weighted by Crippen LogP contribution is -2.49. The van der Waals surface area contributed by atoms with Crippen molar-refractivity contribution in [2.45, 2.75) is 69.6 Å². The molecule has 0 spiro atoms. The van der Waals surface area contributed by atoms with Gasteiger partial charge >= 0.3 is 0 Å². The molecule has 2 rings (SSSR count). The molecule has 0 aromatic rings. The Labute approximate surface area is 112 Å². The Balaban J connectivity index is 1.70. The van der Waals surface area contributed by atoms with Crippen LogP contribution in [0.1, 0.15) is 58.8 Å². The SMILES string of the molecule is CSC1(CNC2CC(C(C)C)C2)CCCCC1. The van der Waals surface area contributed by atoms with Crippen molar-refractivity contribution in [3.8, 4) is 0 Å². The molecule has 0 saturated heterocycles. The number of rotatable bonds is 5. The average Bonchev–Trinajstić information content (AvgIpc) is 2.28. The number of nitrogens with one attached hydrogen (secondary N) is 1. The van der Waals surface area contributed by atoms with E-state index in [1.807, 2.05) is 0 Å². The summed E-state index contributed by atoms with van der Waals surface area (Å²) in [5.74, 6) is 1.88. The molecule has 1 N–H and O–H groups in total. The molecule has 0 aromatic heterocycles. The summed E-state index contributed by atoms with van der Waals surface area (Å²) in [5, 5.41) is 3.84. The zero-order chi connectivity index (χ0) is 12.3. The molecule has 0 atom stereocenters. The molecular weight excluding hydrogens is 226 g/mol. The summed E-state index contributed by atoms with van der Waals surface area (Å²) >= 11 is 2.11. The van der Waals surface area contributed by atoms with Gasteiger partial charge in [-0.15, -0.1) is 0 Å². The van der Waals surface area contributed by atoms with Crippen LogP contribution in [0.2, 0.25) is 0 Å². The molecule has 17 heavy (non-hydrogen) atoms. The Morgan fingerprint density at radius 1 is 1.18 bits per heavy atom. The maximum Gasteiger partial charge on any atom is 0.0281 e. The van der Waals surface area contributed by atoms with Crippen LogP contribution >= 0.6 is 11.8 Å². The van der Waals surface area contributed by atoms with E-state index in [9.17, 15) is 0 Å². The van der Waals surface area contributed by atoms with Gasteiger partial charge in [0.1, 0.15) is 0 Å². The summed E-state index contributed by atoms with van der Waals surface area (Å²) in [5.41, 5.74) is 0. The summed E-state index contributed by atoms with van der Waals surface area (Å²) in [7, 11) is 0. The van der Waals surface area contributed by atoms with Crippen LogP contribution in [0.3, 0.4) is 0 Å². The summed E-state index contributed by atoms with van der Waals surface area (Å²) in [6.45, 7) is 5.99. The van der Waals surface area contributed by atoms with Crippen LogP contribution in [0, 0.1) is 11.8 Å². The number of hydrogen-bond donors (Lipinski definition) is 1. The maximum atomic E-state index is 3.84. The van der Waals surface area contributed by atoms with Crippen LogP contribution in [0.25, 0.3) is 0 Å². The fourth-order valence-corrected chi connectivity index (χ4v) is 4.28. The molecule has 2 saturated carbocycles. The van der Waals surface area contributed by atoms with Crippen LogP contribution in [-0.2, 0) is 0 Å². The van der Waals surface area contributed by atoms with E-state index in [0.29, 0.717) is 4.75 Å².